The predicted octanol–water partition coefficient (Wildman–Crippen LogP) is 3.94. The summed E-state index contributed by atoms with van der Waals surface area (Å²) in [4.78, 5) is 24.4. The van der Waals surface area contributed by atoms with Crippen LogP contribution >= 0.6 is 23.2 Å². The van der Waals surface area contributed by atoms with Crippen molar-refractivity contribution in [1.82, 2.24) is 5.43 Å². The topological polar surface area (TPSA) is 126 Å². The summed E-state index contributed by atoms with van der Waals surface area (Å²) in [6.45, 7) is -0.713. The zero-order valence-corrected chi connectivity index (χ0v) is 22.7. The molecule has 0 spiro atoms. The number of hydrogen-bond acceptors (Lipinski definition) is 7. The zero-order valence-electron chi connectivity index (χ0n) is 20.4. The molecule has 0 unspecified atom stereocenters. The molecule has 0 aliphatic heterocycles. The lowest BCUT2D eigenvalue weighted by Gasteiger charge is -2.21. The number of sulfonamides is 1. The molecule has 3 rings (SSSR count). The maximum atomic E-state index is 12.4. The van der Waals surface area contributed by atoms with Gasteiger partial charge in [0, 0.05) is 10.7 Å². The molecule has 0 aliphatic rings. The second-order valence-electron chi connectivity index (χ2n) is 7.80. The minimum Gasteiger partial charge on any atom is -0.495 e. The first kappa shape index (κ1) is 28.8. The number of nitrogens with one attached hydrogen (secondary N) is 2. The molecule has 200 valence electrons. The van der Waals surface area contributed by atoms with Gasteiger partial charge in [-0.1, -0.05) is 29.3 Å². The first-order valence-electron chi connectivity index (χ1n) is 11.0. The minimum absolute atomic E-state index is 0.200. The Labute approximate surface area is 230 Å². The number of hydrogen-bond donors (Lipinski definition) is 2. The summed E-state index contributed by atoms with van der Waals surface area (Å²) in [5, 5.41) is 7.25. The standard InChI is InChI=1S/C25H24Cl2N4O6S/c1-36-23-11-8-20(13-22(23)27)31(38(2,34)35)15-24(32)30-28-14-17-6-9-21(10-7-17)37-16-25(33)29-19-5-3-4-18(26)12-19/h3-14H,15-16H2,1-2H3,(H,29,33)(H,30,32)/b28-14-. The van der Waals surface area contributed by atoms with Gasteiger partial charge >= 0.3 is 0 Å². The van der Waals surface area contributed by atoms with E-state index in [1.165, 1.54) is 31.5 Å². The summed E-state index contributed by atoms with van der Waals surface area (Å²) < 4.78 is 35.9. The smallest absolute Gasteiger partial charge is 0.262 e. The van der Waals surface area contributed by atoms with E-state index in [1.54, 1.807) is 48.5 Å². The Bertz CT molecular complexity index is 1430. The van der Waals surface area contributed by atoms with Crippen LogP contribution in [0.25, 0.3) is 0 Å². The van der Waals surface area contributed by atoms with Crippen LogP contribution in [0.1, 0.15) is 5.56 Å². The van der Waals surface area contributed by atoms with E-state index in [0.29, 0.717) is 27.8 Å². The molecular weight excluding hydrogens is 555 g/mol. The third-order valence-electron chi connectivity index (χ3n) is 4.87. The highest BCUT2D eigenvalue weighted by atomic mass is 35.5. The fourth-order valence-electron chi connectivity index (χ4n) is 3.12. The number of ether oxygens (including phenoxy) is 2. The second-order valence-corrected chi connectivity index (χ2v) is 10.5. The lowest BCUT2D eigenvalue weighted by Crippen LogP contribution is -2.39. The molecule has 2 amide bonds. The zero-order chi connectivity index (χ0) is 27.7. The molecule has 0 heterocycles. The molecular formula is C25H24Cl2N4O6S. The van der Waals surface area contributed by atoms with Gasteiger partial charge < -0.3 is 14.8 Å². The van der Waals surface area contributed by atoms with Crippen LogP contribution in [0, 0.1) is 0 Å². The fourth-order valence-corrected chi connectivity index (χ4v) is 4.41. The van der Waals surface area contributed by atoms with Gasteiger partial charge in [0.25, 0.3) is 11.8 Å². The largest absolute Gasteiger partial charge is 0.495 e. The Hall–Kier alpha value is -3.80. The highest BCUT2D eigenvalue weighted by molar-refractivity contribution is 7.92. The molecule has 13 heteroatoms. The molecule has 38 heavy (non-hydrogen) atoms. The van der Waals surface area contributed by atoms with Crippen LogP contribution in [0.3, 0.4) is 0 Å². The Morgan fingerprint density at radius 1 is 1.03 bits per heavy atom. The number of hydrazone groups is 1. The van der Waals surface area contributed by atoms with E-state index in [1.807, 2.05) is 0 Å². The number of halogens is 2. The van der Waals surface area contributed by atoms with Gasteiger partial charge in [-0.3, -0.25) is 13.9 Å². The molecule has 3 aromatic carbocycles. The van der Waals surface area contributed by atoms with Crippen LogP contribution in [0.5, 0.6) is 11.5 Å². The number of nitrogens with zero attached hydrogens (tertiary/aromatic N) is 2. The van der Waals surface area contributed by atoms with Crippen LogP contribution in [0.2, 0.25) is 10.0 Å². The predicted molar refractivity (Wildman–Crippen MR) is 148 cm³/mol. The van der Waals surface area contributed by atoms with Crippen molar-refractivity contribution in [2.75, 3.05) is 36.1 Å². The van der Waals surface area contributed by atoms with Gasteiger partial charge in [0.2, 0.25) is 10.0 Å². The van der Waals surface area contributed by atoms with Crippen LogP contribution in [-0.2, 0) is 19.6 Å². The van der Waals surface area contributed by atoms with Crippen molar-refractivity contribution in [2.24, 2.45) is 5.10 Å². The Kier molecular flexibility index (Phi) is 9.94. The van der Waals surface area contributed by atoms with Crippen molar-refractivity contribution in [3.8, 4) is 11.5 Å². The van der Waals surface area contributed by atoms with E-state index in [2.05, 4.69) is 15.8 Å². The Morgan fingerprint density at radius 2 is 1.76 bits per heavy atom. The van der Waals surface area contributed by atoms with Crippen molar-refractivity contribution in [3.63, 3.8) is 0 Å². The van der Waals surface area contributed by atoms with E-state index in [9.17, 15) is 18.0 Å². The SMILES string of the molecule is COc1ccc(N(CC(=O)N/N=C\c2ccc(OCC(=O)Nc3cccc(Cl)c3)cc2)S(C)(=O)=O)cc1Cl. The lowest BCUT2D eigenvalue weighted by atomic mass is 10.2. The number of benzene rings is 3. The van der Waals surface area contributed by atoms with Gasteiger partial charge in [-0.05, 0) is 66.2 Å². The minimum atomic E-state index is -3.79. The number of rotatable bonds is 11. The molecule has 0 atom stereocenters. The molecule has 0 aliphatic carbocycles. The van der Waals surface area contributed by atoms with Gasteiger partial charge in [-0.15, -0.1) is 0 Å². The maximum Gasteiger partial charge on any atom is 0.262 e. The van der Waals surface area contributed by atoms with Crippen LogP contribution in [0.4, 0.5) is 11.4 Å². The molecule has 0 saturated heterocycles. The van der Waals surface area contributed by atoms with Crippen molar-refractivity contribution >= 4 is 62.6 Å². The summed E-state index contributed by atoms with van der Waals surface area (Å²) in [6.07, 6.45) is 2.36. The highest BCUT2D eigenvalue weighted by Gasteiger charge is 2.21. The van der Waals surface area contributed by atoms with E-state index >= 15 is 0 Å². The van der Waals surface area contributed by atoms with Gasteiger partial charge in [-0.25, -0.2) is 13.8 Å². The normalized spacial score (nSPS) is 11.2. The highest BCUT2D eigenvalue weighted by Crippen LogP contribution is 2.30. The van der Waals surface area contributed by atoms with Crippen molar-refractivity contribution < 1.29 is 27.5 Å². The second kappa shape index (κ2) is 13.1. The first-order chi connectivity index (χ1) is 18.0. The van der Waals surface area contributed by atoms with Gasteiger partial charge in [0.15, 0.2) is 6.61 Å². The summed E-state index contributed by atoms with van der Waals surface area (Å²) in [7, 11) is -2.36. The number of carbonyl (C=O) groups is 2. The van der Waals surface area contributed by atoms with E-state index in [-0.39, 0.29) is 23.2 Å². The fraction of sp³-hybridized carbons (Fsp3) is 0.160. The first-order valence-corrected chi connectivity index (χ1v) is 13.6. The molecule has 2 N–H and O–H groups in total. The van der Waals surface area contributed by atoms with Gasteiger partial charge in [-0.2, -0.15) is 5.10 Å². The van der Waals surface area contributed by atoms with Gasteiger partial charge in [0.05, 0.1) is 30.3 Å². The molecule has 0 saturated carbocycles. The van der Waals surface area contributed by atoms with Crippen molar-refractivity contribution in [3.05, 3.63) is 82.3 Å². The molecule has 3 aromatic rings. The number of carbonyl (C=O) groups excluding carboxylic acids is 2. The monoisotopic (exact) mass is 578 g/mol. The number of amides is 2. The molecule has 0 aromatic heterocycles. The Balaban J connectivity index is 1.52. The van der Waals surface area contributed by atoms with E-state index in [0.717, 1.165) is 10.6 Å². The number of methoxy groups -OCH3 is 1. The quantitative estimate of drug-likeness (QED) is 0.262. The number of anilines is 2. The van der Waals surface area contributed by atoms with Crippen LogP contribution < -0.4 is 24.5 Å². The maximum absolute atomic E-state index is 12.4. The molecule has 0 radical (unpaired) electrons. The van der Waals surface area contributed by atoms with Crippen LogP contribution in [-0.4, -0.2) is 53.0 Å². The summed E-state index contributed by atoms with van der Waals surface area (Å²) >= 11 is 12.0. The average Bonchev–Trinajstić information content (AvgIpc) is 2.86. The van der Waals surface area contributed by atoms with Crippen LogP contribution in [0.15, 0.2) is 71.8 Å². The van der Waals surface area contributed by atoms with E-state index in [4.69, 9.17) is 32.7 Å². The third-order valence-corrected chi connectivity index (χ3v) is 6.54. The van der Waals surface area contributed by atoms with Gasteiger partial charge in [0.1, 0.15) is 18.0 Å². The average molecular weight is 579 g/mol. The molecule has 0 bridgehead atoms. The van der Waals surface area contributed by atoms with Crippen molar-refractivity contribution in [2.45, 2.75) is 0 Å². The lowest BCUT2D eigenvalue weighted by molar-refractivity contribution is -0.119. The summed E-state index contributed by atoms with van der Waals surface area (Å²) in [5.74, 6) is -0.186. The molecule has 0 fully saturated rings. The summed E-state index contributed by atoms with van der Waals surface area (Å²) in [6, 6.07) is 17.7. The van der Waals surface area contributed by atoms with E-state index < -0.39 is 22.5 Å². The summed E-state index contributed by atoms with van der Waals surface area (Å²) in [5.41, 5.74) is 3.69. The van der Waals surface area contributed by atoms with Crippen molar-refractivity contribution in [1.29, 1.82) is 0 Å². The third kappa shape index (κ3) is 8.65. The molecule has 10 nitrogen and oxygen atoms in total. The Morgan fingerprint density at radius 3 is 2.39 bits per heavy atom.